The largest absolute Gasteiger partial charge is 0.453 e. The molecule has 0 bridgehead atoms. The second-order valence-electron chi connectivity index (χ2n) is 7.56. The maximum atomic E-state index is 14.4. The summed E-state index contributed by atoms with van der Waals surface area (Å²) in [6.07, 6.45) is 7.07. The smallest absolute Gasteiger partial charge is 0.274 e. The third-order valence-electron chi connectivity index (χ3n) is 5.22. The number of nitrogens with one attached hydrogen (secondary N) is 1. The molecule has 0 saturated heterocycles. The third kappa shape index (κ3) is 3.46. The number of aryl methyl sites for hydroxylation is 1. The highest BCUT2D eigenvalue weighted by Gasteiger charge is 2.21. The Bertz CT molecular complexity index is 1740. The standard InChI is InChI=1S/C22H16F2N4O4S/c1-27-10-15(14-5-6-25-20(14)21(27)29)16-11-28-13(9-26-22(28)33(2,30)31)8-19(16)32-18-4-3-12(23)7-17(18)24/h3-11,25H,1-2H3. The molecule has 0 saturated carbocycles. The van der Waals surface area contributed by atoms with E-state index in [2.05, 4.69) is 9.97 Å². The molecule has 1 N–H and O–H groups in total. The molecule has 0 aliphatic carbocycles. The number of pyridine rings is 2. The Kier molecular flexibility index (Phi) is 4.60. The highest BCUT2D eigenvalue weighted by molar-refractivity contribution is 7.90. The van der Waals surface area contributed by atoms with Crippen LogP contribution in [0.1, 0.15) is 0 Å². The summed E-state index contributed by atoms with van der Waals surface area (Å²) in [4.78, 5) is 19.4. The van der Waals surface area contributed by atoms with Gasteiger partial charge < -0.3 is 14.3 Å². The Hall–Kier alpha value is -3.99. The van der Waals surface area contributed by atoms with E-state index in [0.29, 0.717) is 33.6 Å². The van der Waals surface area contributed by atoms with Crippen molar-refractivity contribution in [2.24, 2.45) is 7.05 Å². The van der Waals surface area contributed by atoms with Gasteiger partial charge in [-0.25, -0.2) is 22.2 Å². The van der Waals surface area contributed by atoms with Gasteiger partial charge >= 0.3 is 0 Å². The van der Waals surface area contributed by atoms with Gasteiger partial charge in [-0.3, -0.25) is 9.20 Å². The van der Waals surface area contributed by atoms with Gasteiger partial charge in [-0.2, -0.15) is 0 Å². The predicted molar refractivity (Wildman–Crippen MR) is 117 cm³/mol. The number of hydrogen-bond donors (Lipinski definition) is 1. The van der Waals surface area contributed by atoms with Gasteiger partial charge in [0, 0.05) is 60.5 Å². The van der Waals surface area contributed by atoms with E-state index in [9.17, 15) is 22.0 Å². The lowest BCUT2D eigenvalue weighted by Crippen LogP contribution is -2.16. The maximum Gasteiger partial charge on any atom is 0.274 e. The van der Waals surface area contributed by atoms with E-state index in [1.807, 2.05) is 0 Å². The summed E-state index contributed by atoms with van der Waals surface area (Å²) in [5, 5.41) is 0.372. The van der Waals surface area contributed by atoms with Crippen molar-refractivity contribution >= 4 is 26.3 Å². The molecule has 0 aliphatic heterocycles. The number of fused-ring (bicyclic) bond motifs is 2. The van der Waals surface area contributed by atoms with Crippen molar-refractivity contribution in [3.63, 3.8) is 0 Å². The predicted octanol–water partition coefficient (Wildman–Crippen LogP) is 3.66. The molecule has 4 aromatic heterocycles. The Morgan fingerprint density at radius 1 is 1.06 bits per heavy atom. The van der Waals surface area contributed by atoms with Crippen molar-refractivity contribution in [3.8, 4) is 22.6 Å². The van der Waals surface area contributed by atoms with Crippen LogP contribution in [0.3, 0.4) is 0 Å². The molecule has 0 amide bonds. The van der Waals surface area contributed by atoms with Crippen LogP contribution in [0.15, 0.2) is 65.1 Å². The number of benzene rings is 1. The minimum Gasteiger partial charge on any atom is -0.453 e. The van der Waals surface area contributed by atoms with Crippen LogP contribution in [-0.2, 0) is 16.9 Å². The van der Waals surface area contributed by atoms with Gasteiger partial charge in [0.2, 0.25) is 15.0 Å². The summed E-state index contributed by atoms with van der Waals surface area (Å²) in [5.41, 5.74) is 1.36. The molecular formula is C22H16F2N4O4S. The fraction of sp³-hybridized carbons (Fsp3) is 0.0909. The molecule has 0 atom stereocenters. The van der Waals surface area contributed by atoms with Gasteiger partial charge in [0.1, 0.15) is 17.1 Å². The first kappa shape index (κ1) is 20.9. The monoisotopic (exact) mass is 470 g/mol. The van der Waals surface area contributed by atoms with Crippen LogP contribution >= 0.6 is 0 Å². The van der Waals surface area contributed by atoms with E-state index in [0.717, 1.165) is 18.4 Å². The fourth-order valence-corrected chi connectivity index (χ4v) is 4.48. The van der Waals surface area contributed by atoms with Crippen LogP contribution in [0.4, 0.5) is 8.78 Å². The zero-order valence-electron chi connectivity index (χ0n) is 17.3. The summed E-state index contributed by atoms with van der Waals surface area (Å²) in [5.74, 6) is -1.72. The first-order valence-electron chi connectivity index (χ1n) is 9.64. The zero-order chi connectivity index (χ0) is 23.5. The minimum atomic E-state index is -3.67. The average Bonchev–Trinajstić information content (AvgIpc) is 3.39. The molecule has 0 unspecified atom stereocenters. The Morgan fingerprint density at radius 3 is 2.58 bits per heavy atom. The lowest BCUT2D eigenvalue weighted by molar-refractivity contribution is 0.439. The number of ether oxygens (including phenoxy) is 1. The molecule has 11 heteroatoms. The second kappa shape index (κ2) is 7.27. The van der Waals surface area contributed by atoms with E-state index in [1.54, 1.807) is 25.5 Å². The number of nitrogens with zero attached hydrogens (tertiary/aromatic N) is 3. The molecule has 168 valence electrons. The zero-order valence-corrected chi connectivity index (χ0v) is 18.2. The Labute approximate surface area is 185 Å². The van der Waals surface area contributed by atoms with Gasteiger partial charge in [-0.05, 0) is 18.2 Å². The van der Waals surface area contributed by atoms with E-state index < -0.39 is 21.5 Å². The fourth-order valence-electron chi connectivity index (χ4n) is 3.72. The topological polar surface area (TPSA) is 98.5 Å². The number of H-pyrrole nitrogens is 1. The third-order valence-corrected chi connectivity index (χ3v) is 6.19. The molecule has 0 aliphatic rings. The summed E-state index contributed by atoms with van der Waals surface area (Å²) in [6, 6.07) is 6.12. The molecule has 0 fully saturated rings. The molecule has 8 nitrogen and oxygen atoms in total. The molecule has 0 spiro atoms. The van der Waals surface area contributed by atoms with Crippen LogP contribution < -0.4 is 10.3 Å². The molecule has 5 rings (SSSR count). The molecule has 5 aromatic rings. The van der Waals surface area contributed by atoms with Crippen molar-refractivity contribution < 1.29 is 21.9 Å². The van der Waals surface area contributed by atoms with Crippen molar-refractivity contribution in [2.45, 2.75) is 5.16 Å². The Morgan fingerprint density at radius 2 is 1.85 bits per heavy atom. The summed E-state index contributed by atoms with van der Waals surface area (Å²) in [7, 11) is -2.09. The van der Waals surface area contributed by atoms with Crippen molar-refractivity contribution in [1.82, 2.24) is 18.9 Å². The van der Waals surface area contributed by atoms with E-state index in [1.165, 1.54) is 27.4 Å². The molecular weight excluding hydrogens is 454 g/mol. The first-order valence-corrected chi connectivity index (χ1v) is 11.5. The normalized spacial score (nSPS) is 12.0. The minimum absolute atomic E-state index is 0.161. The highest BCUT2D eigenvalue weighted by atomic mass is 32.2. The summed E-state index contributed by atoms with van der Waals surface area (Å²) in [6.45, 7) is 0. The SMILES string of the molecule is Cn1cc(-c2cn3c(S(C)(=O)=O)ncc3cc2Oc2ccc(F)cc2F)c2cc[nH]c2c1=O. The van der Waals surface area contributed by atoms with Crippen LogP contribution in [0, 0.1) is 11.6 Å². The van der Waals surface area contributed by atoms with Gasteiger partial charge in [0.05, 0.1) is 11.7 Å². The molecule has 4 heterocycles. The highest BCUT2D eigenvalue weighted by Crippen LogP contribution is 2.38. The number of hydrogen-bond acceptors (Lipinski definition) is 5. The van der Waals surface area contributed by atoms with Gasteiger partial charge in [0.15, 0.2) is 11.6 Å². The van der Waals surface area contributed by atoms with Crippen LogP contribution in [-0.4, -0.2) is 33.6 Å². The quantitative estimate of drug-likeness (QED) is 0.432. The van der Waals surface area contributed by atoms with E-state index in [-0.39, 0.29) is 22.2 Å². The number of halogens is 2. The van der Waals surface area contributed by atoms with Crippen LogP contribution in [0.2, 0.25) is 0 Å². The van der Waals surface area contributed by atoms with Gasteiger partial charge in [-0.1, -0.05) is 0 Å². The lowest BCUT2D eigenvalue weighted by atomic mass is 10.0. The number of sulfone groups is 1. The van der Waals surface area contributed by atoms with Gasteiger partial charge in [-0.15, -0.1) is 0 Å². The number of aromatic amines is 1. The maximum absolute atomic E-state index is 14.4. The second-order valence-corrected chi connectivity index (χ2v) is 9.47. The first-order chi connectivity index (χ1) is 15.6. The van der Waals surface area contributed by atoms with Crippen molar-refractivity contribution in [3.05, 3.63) is 77.1 Å². The number of imidazole rings is 1. The molecule has 1 aromatic carbocycles. The van der Waals surface area contributed by atoms with Crippen molar-refractivity contribution in [2.75, 3.05) is 6.26 Å². The molecule has 33 heavy (non-hydrogen) atoms. The summed E-state index contributed by atoms with van der Waals surface area (Å²) < 4.78 is 60.7. The lowest BCUT2D eigenvalue weighted by Gasteiger charge is -2.15. The summed E-state index contributed by atoms with van der Waals surface area (Å²) >= 11 is 0. The van der Waals surface area contributed by atoms with Crippen LogP contribution in [0.5, 0.6) is 11.5 Å². The van der Waals surface area contributed by atoms with Crippen molar-refractivity contribution in [1.29, 1.82) is 0 Å². The molecule has 0 radical (unpaired) electrons. The number of aromatic nitrogens is 4. The number of rotatable bonds is 4. The van der Waals surface area contributed by atoms with E-state index in [4.69, 9.17) is 4.74 Å². The van der Waals surface area contributed by atoms with Gasteiger partial charge in [0.25, 0.3) is 5.56 Å². The Balaban J connectivity index is 1.84. The van der Waals surface area contributed by atoms with E-state index >= 15 is 0 Å². The van der Waals surface area contributed by atoms with Crippen LogP contribution in [0.25, 0.3) is 27.5 Å². The average molecular weight is 470 g/mol.